The lowest BCUT2D eigenvalue weighted by Gasteiger charge is -2.33. The van der Waals surface area contributed by atoms with Crippen LogP contribution in [0.25, 0.3) is 5.69 Å². The molecule has 1 aliphatic heterocycles. The molecular weight excluding hydrogens is 360 g/mol. The maximum absolute atomic E-state index is 12.8. The molecular formula is C19H22N6O3. The Morgan fingerprint density at radius 1 is 1.25 bits per heavy atom. The zero-order valence-electron chi connectivity index (χ0n) is 15.6. The molecule has 28 heavy (non-hydrogen) atoms. The third kappa shape index (κ3) is 3.35. The van der Waals surface area contributed by atoms with Crippen LogP contribution < -0.4 is 10.6 Å². The van der Waals surface area contributed by atoms with E-state index in [9.17, 15) is 14.4 Å². The second kappa shape index (κ2) is 7.06. The molecule has 2 aliphatic rings. The van der Waals surface area contributed by atoms with Crippen LogP contribution in [0.3, 0.4) is 0 Å². The zero-order valence-corrected chi connectivity index (χ0v) is 15.6. The van der Waals surface area contributed by atoms with E-state index in [4.69, 9.17) is 0 Å². The molecule has 9 nitrogen and oxygen atoms in total. The molecule has 4 rings (SSSR count). The van der Waals surface area contributed by atoms with Crippen molar-refractivity contribution < 1.29 is 14.4 Å². The van der Waals surface area contributed by atoms with Crippen molar-refractivity contribution in [2.75, 3.05) is 11.9 Å². The first-order valence-electron chi connectivity index (χ1n) is 9.36. The van der Waals surface area contributed by atoms with Crippen LogP contribution >= 0.6 is 0 Å². The van der Waals surface area contributed by atoms with Crippen LogP contribution in [-0.4, -0.2) is 49.6 Å². The molecule has 4 amide bonds. The van der Waals surface area contributed by atoms with E-state index in [2.05, 4.69) is 27.6 Å². The van der Waals surface area contributed by atoms with Gasteiger partial charge in [-0.3, -0.25) is 14.5 Å². The third-order valence-electron chi connectivity index (χ3n) is 5.51. The molecule has 2 heterocycles. The highest BCUT2D eigenvalue weighted by molar-refractivity contribution is 6.10. The van der Waals surface area contributed by atoms with E-state index in [1.165, 1.54) is 6.33 Å². The summed E-state index contributed by atoms with van der Waals surface area (Å²) in [6, 6.07) is 6.54. The van der Waals surface area contributed by atoms with Crippen LogP contribution in [0.5, 0.6) is 0 Å². The van der Waals surface area contributed by atoms with E-state index < -0.39 is 17.5 Å². The molecule has 146 valence electrons. The Kier molecular flexibility index (Phi) is 4.58. The lowest BCUT2D eigenvalue weighted by molar-refractivity contribution is -0.135. The van der Waals surface area contributed by atoms with Crippen LogP contribution in [0, 0.1) is 5.92 Å². The summed E-state index contributed by atoms with van der Waals surface area (Å²) in [5.41, 5.74) is 0.545. The summed E-state index contributed by atoms with van der Waals surface area (Å²) in [6.07, 6.45) is 6.05. The summed E-state index contributed by atoms with van der Waals surface area (Å²) in [5.74, 6) is -0.160. The van der Waals surface area contributed by atoms with Crippen molar-refractivity contribution in [3.63, 3.8) is 0 Å². The van der Waals surface area contributed by atoms with Gasteiger partial charge in [-0.1, -0.05) is 6.92 Å². The Morgan fingerprint density at radius 2 is 1.96 bits per heavy atom. The molecule has 1 spiro atoms. The fourth-order valence-corrected chi connectivity index (χ4v) is 3.80. The number of benzene rings is 1. The van der Waals surface area contributed by atoms with Gasteiger partial charge in [-0.05, 0) is 55.9 Å². The Labute approximate surface area is 162 Å². The van der Waals surface area contributed by atoms with Crippen LogP contribution in [0.2, 0.25) is 0 Å². The first-order chi connectivity index (χ1) is 13.5. The maximum Gasteiger partial charge on any atom is 0.325 e. The molecule has 1 saturated heterocycles. The quantitative estimate of drug-likeness (QED) is 0.783. The van der Waals surface area contributed by atoms with Crippen LogP contribution in [-0.2, 0) is 9.59 Å². The third-order valence-corrected chi connectivity index (χ3v) is 5.51. The highest BCUT2D eigenvalue weighted by Crippen LogP contribution is 2.36. The van der Waals surface area contributed by atoms with Crippen LogP contribution in [0.15, 0.2) is 36.9 Å². The van der Waals surface area contributed by atoms with Gasteiger partial charge in [-0.25, -0.2) is 14.5 Å². The summed E-state index contributed by atoms with van der Waals surface area (Å²) in [7, 11) is 0. The molecule has 1 aromatic carbocycles. The average Bonchev–Trinajstić information content (AvgIpc) is 3.29. The number of aromatic nitrogens is 3. The van der Waals surface area contributed by atoms with E-state index in [1.54, 1.807) is 35.3 Å². The van der Waals surface area contributed by atoms with Crippen LogP contribution in [0.4, 0.5) is 10.5 Å². The van der Waals surface area contributed by atoms with E-state index in [1.807, 2.05) is 0 Å². The minimum atomic E-state index is -0.830. The van der Waals surface area contributed by atoms with E-state index in [0.717, 1.165) is 23.4 Å². The summed E-state index contributed by atoms with van der Waals surface area (Å²) < 4.78 is 1.60. The second-order valence-electron chi connectivity index (χ2n) is 7.52. The van der Waals surface area contributed by atoms with Crippen molar-refractivity contribution in [1.29, 1.82) is 0 Å². The molecule has 0 atom stereocenters. The number of urea groups is 1. The normalized spacial score (nSPS) is 24.5. The molecule has 2 aromatic rings. The Bertz CT molecular complexity index is 885. The molecule has 1 aromatic heterocycles. The predicted octanol–water partition coefficient (Wildman–Crippen LogP) is 1.71. The highest BCUT2D eigenvalue weighted by Gasteiger charge is 2.52. The van der Waals surface area contributed by atoms with Crippen molar-refractivity contribution >= 4 is 23.5 Å². The smallest absolute Gasteiger partial charge is 0.325 e. The summed E-state index contributed by atoms with van der Waals surface area (Å²) in [4.78, 5) is 42.4. The number of anilines is 1. The van der Waals surface area contributed by atoms with Gasteiger partial charge in [0.2, 0.25) is 5.91 Å². The first kappa shape index (κ1) is 18.1. The Hall–Kier alpha value is -3.23. The van der Waals surface area contributed by atoms with E-state index in [0.29, 0.717) is 24.4 Å². The SMILES string of the molecule is CC1CCC2(CC1)NC(=O)N(CC(=O)Nc1ccc(-n3cncn3)cc1)C2=O. The van der Waals surface area contributed by atoms with Gasteiger partial charge in [0.05, 0.1) is 5.69 Å². The molecule has 0 bridgehead atoms. The van der Waals surface area contributed by atoms with Gasteiger partial charge in [0, 0.05) is 5.69 Å². The standard InChI is InChI=1S/C19H22N6O3/c1-13-6-8-19(9-7-13)17(27)24(18(28)23-19)10-16(26)22-14-2-4-15(5-3-14)25-12-20-11-21-25/h2-5,11-13H,6-10H2,1H3,(H,22,26)(H,23,28). The predicted molar refractivity (Wildman–Crippen MR) is 101 cm³/mol. The van der Waals surface area contributed by atoms with Gasteiger partial charge < -0.3 is 10.6 Å². The van der Waals surface area contributed by atoms with E-state index >= 15 is 0 Å². The molecule has 2 N–H and O–H groups in total. The first-order valence-corrected chi connectivity index (χ1v) is 9.36. The summed E-state index contributed by atoms with van der Waals surface area (Å²) >= 11 is 0. The molecule has 1 aliphatic carbocycles. The zero-order chi connectivity index (χ0) is 19.7. The number of carbonyl (C=O) groups is 3. The highest BCUT2D eigenvalue weighted by atomic mass is 16.2. The lowest BCUT2D eigenvalue weighted by Crippen LogP contribution is -2.49. The minimum absolute atomic E-state index is 0.291. The summed E-state index contributed by atoms with van der Waals surface area (Å²) in [6.45, 7) is 1.85. The Morgan fingerprint density at radius 3 is 2.61 bits per heavy atom. The fourth-order valence-electron chi connectivity index (χ4n) is 3.80. The molecule has 9 heteroatoms. The topological polar surface area (TPSA) is 109 Å². The lowest BCUT2D eigenvalue weighted by atomic mass is 9.77. The van der Waals surface area contributed by atoms with Gasteiger partial charge in [-0.2, -0.15) is 5.10 Å². The largest absolute Gasteiger partial charge is 0.325 e. The van der Waals surface area contributed by atoms with Crippen LogP contribution in [0.1, 0.15) is 32.6 Å². The van der Waals surface area contributed by atoms with Gasteiger partial charge in [0.15, 0.2) is 0 Å². The van der Waals surface area contributed by atoms with Gasteiger partial charge >= 0.3 is 6.03 Å². The number of hydrogen-bond acceptors (Lipinski definition) is 5. The number of carbonyl (C=O) groups excluding carboxylic acids is 3. The number of hydrogen-bond donors (Lipinski definition) is 2. The monoisotopic (exact) mass is 382 g/mol. The molecule has 1 saturated carbocycles. The average molecular weight is 382 g/mol. The van der Waals surface area contributed by atoms with Gasteiger partial charge in [0.25, 0.3) is 5.91 Å². The summed E-state index contributed by atoms with van der Waals surface area (Å²) in [5, 5.41) is 9.58. The fraction of sp³-hybridized carbons (Fsp3) is 0.421. The van der Waals surface area contributed by atoms with Gasteiger partial charge in [-0.15, -0.1) is 0 Å². The maximum atomic E-state index is 12.8. The van der Waals surface area contributed by atoms with Gasteiger partial charge in [0.1, 0.15) is 24.7 Å². The number of nitrogens with one attached hydrogen (secondary N) is 2. The molecule has 0 unspecified atom stereocenters. The number of amides is 4. The Balaban J connectivity index is 1.38. The van der Waals surface area contributed by atoms with Crippen molar-refractivity contribution in [2.45, 2.75) is 38.1 Å². The second-order valence-corrected chi connectivity index (χ2v) is 7.52. The van der Waals surface area contributed by atoms with Crippen molar-refractivity contribution in [3.8, 4) is 5.69 Å². The van der Waals surface area contributed by atoms with Crippen molar-refractivity contribution in [1.82, 2.24) is 25.0 Å². The van der Waals surface area contributed by atoms with Crippen molar-refractivity contribution in [2.24, 2.45) is 5.92 Å². The van der Waals surface area contributed by atoms with Crippen molar-refractivity contribution in [3.05, 3.63) is 36.9 Å². The minimum Gasteiger partial charge on any atom is -0.325 e. The molecule has 2 fully saturated rings. The molecule has 0 radical (unpaired) electrons. The number of rotatable bonds is 4. The van der Waals surface area contributed by atoms with E-state index in [-0.39, 0.29) is 12.5 Å². The number of imide groups is 1. The number of nitrogens with zero attached hydrogens (tertiary/aromatic N) is 4.